The largest absolute Gasteiger partial charge is 0.348 e. The Kier molecular flexibility index (Phi) is 6.89. The molecule has 1 heterocycles. The van der Waals surface area contributed by atoms with E-state index in [1.54, 1.807) is 18.2 Å². The van der Waals surface area contributed by atoms with E-state index < -0.39 is 10.0 Å². The molecule has 1 aliphatic heterocycles. The summed E-state index contributed by atoms with van der Waals surface area (Å²) >= 11 is 0. The molecule has 2 aliphatic rings. The summed E-state index contributed by atoms with van der Waals surface area (Å²) in [5.74, 6) is 0.166. The normalized spacial score (nSPS) is 20.9. The number of benzene rings is 1. The maximum atomic E-state index is 12.9. The molecule has 150 valence electrons. The summed E-state index contributed by atoms with van der Waals surface area (Å²) in [6.07, 6.45) is 8.63. The summed E-state index contributed by atoms with van der Waals surface area (Å²) in [6, 6.07) is 6.32. The molecular formula is C20H31N3O3S. The van der Waals surface area contributed by atoms with Crippen molar-refractivity contribution in [2.75, 3.05) is 19.6 Å². The fourth-order valence-corrected chi connectivity index (χ4v) is 5.77. The lowest BCUT2D eigenvalue weighted by Crippen LogP contribution is -2.46. The summed E-state index contributed by atoms with van der Waals surface area (Å²) in [4.78, 5) is 12.9. The Morgan fingerprint density at radius 2 is 1.78 bits per heavy atom. The van der Waals surface area contributed by atoms with Gasteiger partial charge in [0.2, 0.25) is 10.0 Å². The van der Waals surface area contributed by atoms with Crippen LogP contribution in [0.4, 0.5) is 0 Å². The van der Waals surface area contributed by atoms with Gasteiger partial charge in [-0.1, -0.05) is 31.7 Å². The first-order valence-corrected chi connectivity index (χ1v) is 11.6. The van der Waals surface area contributed by atoms with Crippen molar-refractivity contribution in [2.24, 2.45) is 11.7 Å². The second kappa shape index (κ2) is 9.17. The van der Waals surface area contributed by atoms with Crippen LogP contribution < -0.4 is 11.1 Å². The maximum absolute atomic E-state index is 12.9. The predicted molar refractivity (Wildman–Crippen MR) is 106 cm³/mol. The number of rotatable bonds is 6. The molecule has 1 aromatic rings. The molecule has 1 aliphatic carbocycles. The highest BCUT2D eigenvalue weighted by molar-refractivity contribution is 7.89. The van der Waals surface area contributed by atoms with Crippen LogP contribution >= 0.6 is 0 Å². The molecule has 1 amide bonds. The molecule has 1 unspecified atom stereocenters. The number of nitrogens with zero attached hydrogens (tertiary/aromatic N) is 1. The van der Waals surface area contributed by atoms with Gasteiger partial charge in [0, 0.05) is 31.2 Å². The van der Waals surface area contributed by atoms with E-state index in [1.165, 1.54) is 29.6 Å². The van der Waals surface area contributed by atoms with E-state index in [9.17, 15) is 13.2 Å². The maximum Gasteiger partial charge on any atom is 0.251 e. The quantitative estimate of drug-likeness (QED) is 0.777. The van der Waals surface area contributed by atoms with Crippen molar-refractivity contribution in [1.82, 2.24) is 9.62 Å². The van der Waals surface area contributed by atoms with E-state index >= 15 is 0 Å². The van der Waals surface area contributed by atoms with Crippen LogP contribution in [0.15, 0.2) is 29.2 Å². The highest BCUT2D eigenvalue weighted by atomic mass is 32.2. The summed E-state index contributed by atoms with van der Waals surface area (Å²) in [5.41, 5.74) is 6.29. The molecule has 1 aromatic carbocycles. The first kappa shape index (κ1) is 20.3. The molecule has 3 N–H and O–H groups in total. The van der Waals surface area contributed by atoms with Crippen molar-refractivity contribution in [3.63, 3.8) is 0 Å². The molecule has 27 heavy (non-hydrogen) atoms. The van der Waals surface area contributed by atoms with E-state index in [2.05, 4.69) is 5.32 Å². The van der Waals surface area contributed by atoms with Crippen LogP contribution in [0.3, 0.4) is 0 Å². The van der Waals surface area contributed by atoms with Crippen LogP contribution in [0.2, 0.25) is 0 Å². The molecule has 0 aromatic heterocycles. The minimum atomic E-state index is -3.54. The number of piperidine rings is 1. The van der Waals surface area contributed by atoms with Crippen molar-refractivity contribution < 1.29 is 13.2 Å². The third kappa shape index (κ3) is 4.89. The molecule has 0 spiro atoms. The third-order valence-electron chi connectivity index (χ3n) is 5.84. The van der Waals surface area contributed by atoms with E-state index in [4.69, 9.17) is 5.73 Å². The van der Waals surface area contributed by atoms with Gasteiger partial charge in [0.05, 0.1) is 4.90 Å². The first-order chi connectivity index (χ1) is 13.0. The van der Waals surface area contributed by atoms with Crippen molar-refractivity contribution >= 4 is 15.9 Å². The van der Waals surface area contributed by atoms with Crippen LogP contribution in [-0.2, 0) is 10.0 Å². The standard InChI is InChI=1S/C20H31N3O3S/c21-15-19(16-8-3-1-4-9-16)22-20(24)17-10-7-11-18(14-17)27(25,26)23-12-5-2-6-13-23/h7,10-11,14,16,19H,1-6,8-9,12-13,15,21H2,(H,22,24). The molecule has 1 saturated carbocycles. The number of carbonyl (C=O) groups is 1. The molecule has 7 heteroatoms. The highest BCUT2D eigenvalue weighted by Crippen LogP contribution is 2.26. The van der Waals surface area contributed by atoms with Crippen molar-refractivity contribution in [3.05, 3.63) is 29.8 Å². The topological polar surface area (TPSA) is 92.5 Å². The van der Waals surface area contributed by atoms with Gasteiger partial charge in [-0.25, -0.2) is 8.42 Å². The predicted octanol–water partition coefficient (Wildman–Crippen LogP) is 2.50. The Morgan fingerprint density at radius 3 is 2.44 bits per heavy atom. The molecular weight excluding hydrogens is 362 g/mol. The molecule has 2 fully saturated rings. The lowest BCUT2D eigenvalue weighted by Gasteiger charge is -2.30. The monoisotopic (exact) mass is 393 g/mol. The van der Waals surface area contributed by atoms with Crippen molar-refractivity contribution in [1.29, 1.82) is 0 Å². The number of sulfonamides is 1. The van der Waals surface area contributed by atoms with E-state index in [-0.39, 0.29) is 16.8 Å². The number of carbonyl (C=O) groups excluding carboxylic acids is 1. The zero-order valence-electron chi connectivity index (χ0n) is 15.9. The van der Waals surface area contributed by atoms with Gasteiger partial charge < -0.3 is 11.1 Å². The van der Waals surface area contributed by atoms with Gasteiger partial charge in [-0.2, -0.15) is 4.31 Å². The minimum absolute atomic E-state index is 0.0554. The Morgan fingerprint density at radius 1 is 1.11 bits per heavy atom. The van der Waals surface area contributed by atoms with Gasteiger partial charge in [-0.3, -0.25) is 4.79 Å². The number of nitrogens with two attached hydrogens (primary N) is 1. The minimum Gasteiger partial charge on any atom is -0.348 e. The Balaban J connectivity index is 1.73. The lowest BCUT2D eigenvalue weighted by atomic mass is 9.84. The van der Waals surface area contributed by atoms with Gasteiger partial charge in [0.1, 0.15) is 0 Å². The average molecular weight is 394 g/mol. The van der Waals surface area contributed by atoms with E-state index in [0.717, 1.165) is 32.1 Å². The lowest BCUT2D eigenvalue weighted by molar-refractivity contribution is 0.0915. The molecule has 3 rings (SSSR count). The van der Waals surface area contributed by atoms with Crippen LogP contribution in [0.25, 0.3) is 0 Å². The summed E-state index contributed by atoms with van der Waals surface area (Å²) in [6.45, 7) is 1.51. The third-order valence-corrected chi connectivity index (χ3v) is 7.73. The first-order valence-electron chi connectivity index (χ1n) is 10.1. The van der Waals surface area contributed by atoms with Crippen LogP contribution in [0.5, 0.6) is 0 Å². The fourth-order valence-electron chi connectivity index (χ4n) is 4.21. The summed E-state index contributed by atoms with van der Waals surface area (Å²) in [5, 5.41) is 3.04. The molecule has 1 atom stereocenters. The Hall–Kier alpha value is -1.44. The van der Waals surface area contributed by atoms with Gasteiger partial charge >= 0.3 is 0 Å². The van der Waals surface area contributed by atoms with Gasteiger partial charge in [0.15, 0.2) is 0 Å². The summed E-state index contributed by atoms with van der Waals surface area (Å²) in [7, 11) is -3.54. The highest BCUT2D eigenvalue weighted by Gasteiger charge is 2.28. The number of nitrogens with one attached hydrogen (secondary N) is 1. The number of amides is 1. The fraction of sp³-hybridized carbons (Fsp3) is 0.650. The second-order valence-electron chi connectivity index (χ2n) is 7.71. The molecule has 6 nitrogen and oxygen atoms in total. The number of hydrogen-bond donors (Lipinski definition) is 2. The van der Waals surface area contributed by atoms with E-state index in [1.807, 2.05) is 0 Å². The van der Waals surface area contributed by atoms with Crippen LogP contribution in [0, 0.1) is 5.92 Å². The average Bonchev–Trinajstić information content (AvgIpc) is 2.73. The van der Waals surface area contributed by atoms with Gasteiger partial charge in [-0.05, 0) is 49.8 Å². The van der Waals surface area contributed by atoms with Crippen molar-refractivity contribution in [2.45, 2.75) is 62.3 Å². The van der Waals surface area contributed by atoms with Gasteiger partial charge in [-0.15, -0.1) is 0 Å². The number of hydrogen-bond acceptors (Lipinski definition) is 4. The zero-order valence-corrected chi connectivity index (χ0v) is 16.7. The molecule has 1 saturated heterocycles. The van der Waals surface area contributed by atoms with E-state index in [0.29, 0.717) is 31.1 Å². The van der Waals surface area contributed by atoms with Crippen LogP contribution in [-0.4, -0.2) is 44.3 Å². The molecule has 0 bridgehead atoms. The summed E-state index contributed by atoms with van der Waals surface area (Å²) < 4.78 is 27.2. The molecule has 0 radical (unpaired) electrons. The second-order valence-corrected chi connectivity index (χ2v) is 9.64. The Bertz CT molecular complexity index is 739. The zero-order chi connectivity index (χ0) is 19.3. The van der Waals surface area contributed by atoms with Gasteiger partial charge in [0.25, 0.3) is 5.91 Å². The van der Waals surface area contributed by atoms with Crippen LogP contribution in [0.1, 0.15) is 61.7 Å². The Labute approximate surface area is 162 Å². The smallest absolute Gasteiger partial charge is 0.251 e. The van der Waals surface area contributed by atoms with Crippen molar-refractivity contribution in [3.8, 4) is 0 Å². The SMILES string of the molecule is NCC(NC(=O)c1cccc(S(=O)(=O)N2CCCCC2)c1)C1CCCCC1.